The molecule has 1 aliphatic heterocycles. The van der Waals surface area contributed by atoms with Crippen molar-refractivity contribution in [1.82, 2.24) is 10.6 Å². The lowest BCUT2D eigenvalue weighted by Gasteiger charge is -2.44. The van der Waals surface area contributed by atoms with Gasteiger partial charge in [0.05, 0.1) is 5.56 Å². The van der Waals surface area contributed by atoms with Gasteiger partial charge in [0.2, 0.25) is 0 Å². The Morgan fingerprint density at radius 1 is 0.784 bits per heavy atom. The molecule has 1 aliphatic rings. The van der Waals surface area contributed by atoms with E-state index < -0.39 is 42.5 Å². The summed E-state index contributed by atoms with van der Waals surface area (Å²) in [5.74, 6) is -1.46. The number of esters is 1. The smallest absolute Gasteiger partial charge is 0.338 e. The number of hydrogen-bond acceptors (Lipinski definition) is 7. The number of methoxy groups -OCH3 is 1. The van der Waals surface area contributed by atoms with Crippen LogP contribution in [0.25, 0.3) is 0 Å². The van der Waals surface area contributed by atoms with Crippen molar-refractivity contribution in [2.45, 2.75) is 30.6 Å². The Kier molecular flexibility index (Phi) is 8.63. The molecule has 9 heteroatoms. The fourth-order valence-corrected chi connectivity index (χ4v) is 4.14. The monoisotopic (exact) mass is 504 g/mol. The minimum Gasteiger partial charge on any atom is -0.453 e. The van der Waals surface area contributed by atoms with E-state index in [1.165, 1.54) is 7.11 Å². The molecule has 9 nitrogen and oxygen atoms in total. The van der Waals surface area contributed by atoms with Gasteiger partial charge < -0.3 is 30.0 Å². The van der Waals surface area contributed by atoms with Crippen LogP contribution in [0.5, 0.6) is 0 Å². The second kappa shape index (κ2) is 12.3. The van der Waals surface area contributed by atoms with Crippen molar-refractivity contribution in [1.29, 1.82) is 0 Å². The molecule has 0 bridgehead atoms. The molecule has 5 atom stereocenters. The maximum absolute atomic E-state index is 12.9. The highest BCUT2D eigenvalue weighted by molar-refractivity contribution is 5.95. The number of amides is 2. The molecule has 192 valence electrons. The lowest BCUT2D eigenvalue weighted by molar-refractivity contribution is -0.248. The predicted octanol–water partition coefficient (Wildman–Crippen LogP) is 2.17. The van der Waals surface area contributed by atoms with E-state index in [0.29, 0.717) is 16.7 Å². The number of aliphatic hydroxyl groups excluding tert-OH is 1. The quantitative estimate of drug-likeness (QED) is 0.402. The Balaban J connectivity index is 1.55. The second-order valence-electron chi connectivity index (χ2n) is 8.44. The van der Waals surface area contributed by atoms with Crippen LogP contribution in [0, 0.1) is 0 Å². The number of benzene rings is 3. The van der Waals surface area contributed by atoms with Crippen LogP contribution in [0.4, 0.5) is 0 Å². The zero-order valence-electron chi connectivity index (χ0n) is 20.2. The molecule has 3 aromatic rings. The van der Waals surface area contributed by atoms with E-state index in [-0.39, 0.29) is 12.5 Å². The Morgan fingerprint density at radius 3 is 1.84 bits per heavy atom. The van der Waals surface area contributed by atoms with E-state index in [1.807, 2.05) is 0 Å². The third kappa shape index (κ3) is 6.39. The van der Waals surface area contributed by atoms with Crippen LogP contribution < -0.4 is 10.6 Å². The lowest BCUT2D eigenvalue weighted by atomic mass is 9.95. The van der Waals surface area contributed by atoms with Crippen LogP contribution in [0.2, 0.25) is 0 Å². The van der Waals surface area contributed by atoms with Crippen molar-refractivity contribution in [2.24, 2.45) is 0 Å². The molecule has 0 radical (unpaired) electrons. The van der Waals surface area contributed by atoms with Gasteiger partial charge in [-0.3, -0.25) is 9.59 Å². The molecule has 0 aliphatic carbocycles. The molecule has 37 heavy (non-hydrogen) atoms. The first-order chi connectivity index (χ1) is 18.0. The third-order valence-electron chi connectivity index (χ3n) is 6.02. The molecule has 3 aromatic carbocycles. The van der Waals surface area contributed by atoms with Crippen LogP contribution in [-0.4, -0.2) is 67.2 Å². The number of nitrogens with one attached hydrogen (secondary N) is 2. The van der Waals surface area contributed by atoms with E-state index in [1.54, 1.807) is 91.0 Å². The minimum absolute atomic E-state index is 0.0866. The Labute approximate surface area is 214 Å². The average Bonchev–Trinajstić information content (AvgIpc) is 2.95. The van der Waals surface area contributed by atoms with Gasteiger partial charge in [-0.2, -0.15) is 0 Å². The summed E-state index contributed by atoms with van der Waals surface area (Å²) in [6, 6.07) is 24.4. The molecule has 1 heterocycles. The van der Waals surface area contributed by atoms with Gasteiger partial charge in [-0.05, 0) is 36.4 Å². The Morgan fingerprint density at radius 2 is 1.30 bits per heavy atom. The number of carbonyl (C=O) groups excluding carboxylic acids is 3. The van der Waals surface area contributed by atoms with E-state index in [0.717, 1.165) is 0 Å². The van der Waals surface area contributed by atoms with Gasteiger partial charge in [-0.25, -0.2) is 4.79 Å². The number of carbonyl (C=O) groups is 3. The summed E-state index contributed by atoms with van der Waals surface area (Å²) in [4.78, 5) is 38.4. The van der Waals surface area contributed by atoms with Crippen LogP contribution in [0.3, 0.4) is 0 Å². The normalized spacial score (nSPS) is 23.0. The molecular weight excluding hydrogens is 476 g/mol. The number of ether oxygens (including phenoxy) is 3. The average molecular weight is 505 g/mol. The molecule has 0 spiro atoms. The predicted molar refractivity (Wildman–Crippen MR) is 134 cm³/mol. The van der Waals surface area contributed by atoms with E-state index in [2.05, 4.69) is 10.6 Å². The summed E-state index contributed by atoms with van der Waals surface area (Å²) in [5.41, 5.74) is 1.12. The first-order valence-corrected chi connectivity index (χ1v) is 11.8. The van der Waals surface area contributed by atoms with Gasteiger partial charge in [0.1, 0.15) is 18.2 Å². The van der Waals surface area contributed by atoms with E-state index >= 15 is 0 Å². The summed E-state index contributed by atoms with van der Waals surface area (Å²) in [6.07, 6.45) is -4.52. The molecule has 1 fully saturated rings. The standard InChI is InChI=1S/C28H28N2O7/c1-35-24-22(30-26(32)19-13-7-3-8-14-19)28(34)36-21(17-29-25(31)18-11-5-2-6-12-18)23(24)37-27(33)20-15-9-4-10-16-20/h2-16,21-24,28,34H,17H2,1H3,(H,29,31)(H,30,32)/t21-,22-,23+,24+,28+/m1/s1. The number of aliphatic hydroxyl groups is 1. The van der Waals surface area contributed by atoms with Crippen LogP contribution in [0.15, 0.2) is 91.0 Å². The van der Waals surface area contributed by atoms with Gasteiger partial charge in [-0.1, -0.05) is 54.6 Å². The highest BCUT2D eigenvalue weighted by Gasteiger charge is 2.48. The molecular formula is C28H28N2O7. The summed E-state index contributed by atoms with van der Waals surface area (Å²) in [5, 5.41) is 16.3. The first kappa shape index (κ1) is 26.0. The maximum Gasteiger partial charge on any atom is 0.338 e. The zero-order valence-corrected chi connectivity index (χ0v) is 20.2. The summed E-state index contributed by atoms with van der Waals surface area (Å²) in [7, 11) is 1.38. The highest BCUT2D eigenvalue weighted by Crippen LogP contribution is 2.26. The van der Waals surface area contributed by atoms with Gasteiger partial charge in [0.15, 0.2) is 12.4 Å². The van der Waals surface area contributed by atoms with Crippen molar-refractivity contribution in [3.8, 4) is 0 Å². The maximum atomic E-state index is 12.9. The van der Waals surface area contributed by atoms with Crippen molar-refractivity contribution in [2.75, 3.05) is 13.7 Å². The fourth-order valence-electron chi connectivity index (χ4n) is 4.14. The Bertz CT molecular complexity index is 1190. The first-order valence-electron chi connectivity index (χ1n) is 11.8. The van der Waals surface area contributed by atoms with Crippen molar-refractivity contribution in [3.63, 3.8) is 0 Å². The van der Waals surface area contributed by atoms with Gasteiger partial charge >= 0.3 is 5.97 Å². The van der Waals surface area contributed by atoms with Crippen molar-refractivity contribution < 1.29 is 33.7 Å². The second-order valence-corrected chi connectivity index (χ2v) is 8.44. The molecule has 0 unspecified atom stereocenters. The minimum atomic E-state index is -1.50. The molecule has 3 N–H and O–H groups in total. The lowest BCUT2D eigenvalue weighted by Crippen LogP contribution is -2.66. The van der Waals surface area contributed by atoms with Gasteiger partial charge in [0, 0.05) is 24.8 Å². The molecule has 0 aromatic heterocycles. The van der Waals surface area contributed by atoms with Gasteiger partial charge in [0.25, 0.3) is 11.8 Å². The summed E-state index contributed by atoms with van der Waals surface area (Å²) >= 11 is 0. The molecule has 2 amide bonds. The number of rotatable bonds is 8. The molecule has 4 rings (SSSR count). The highest BCUT2D eigenvalue weighted by atomic mass is 16.6. The van der Waals surface area contributed by atoms with E-state index in [4.69, 9.17) is 14.2 Å². The van der Waals surface area contributed by atoms with Crippen LogP contribution >= 0.6 is 0 Å². The SMILES string of the molecule is CO[C@H]1[C@@H](NC(=O)c2ccccc2)[C@@H](O)O[C@H](CNC(=O)c2ccccc2)[C@@H]1OC(=O)c1ccccc1. The summed E-state index contributed by atoms with van der Waals surface area (Å²) < 4.78 is 17.2. The van der Waals surface area contributed by atoms with Gasteiger partial charge in [-0.15, -0.1) is 0 Å². The van der Waals surface area contributed by atoms with Crippen LogP contribution in [-0.2, 0) is 14.2 Å². The van der Waals surface area contributed by atoms with E-state index in [9.17, 15) is 19.5 Å². The topological polar surface area (TPSA) is 123 Å². The summed E-state index contributed by atoms with van der Waals surface area (Å²) in [6.45, 7) is -0.0866. The zero-order chi connectivity index (χ0) is 26.2. The fraction of sp³-hybridized carbons (Fsp3) is 0.250. The third-order valence-corrected chi connectivity index (χ3v) is 6.02. The molecule has 0 saturated carbocycles. The van der Waals surface area contributed by atoms with Crippen molar-refractivity contribution >= 4 is 17.8 Å². The van der Waals surface area contributed by atoms with Crippen molar-refractivity contribution in [3.05, 3.63) is 108 Å². The number of hydrogen-bond donors (Lipinski definition) is 3. The largest absolute Gasteiger partial charge is 0.453 e. The van der Waals surface area contributed by atoms with Crippen LogP contribution in [0.1, 0.15) is 31.1 Å². The molecule has 1 saturated heterocycles. The Hall–Kier alpha value is -4.05.